The van der Waals surface area contributed by atoms with Gasteiger partial charge in [0.25, 0.3) is 0 Å². The van der Waals surface area contributed by atoms with Crippen LogP contribution in [0, 0.1) is 0 Å². The molecular weight excluding hydrogens is 240 g/mol. The van der Waals surface area contributed by atoms with Gasteiger partial charge in [-0.25, -0.2) is 4.79 Å². The van der Waals surface area contributed by atoms with Crippen LogP contribution in [-0.2, 0) is 0 Å². The van der Waals surface area contributed by atoms with Crippen LogP contribution in [0.2, 0.25) is 0 Å². The lowest BCUT2D eigenvalue weighted by atomic mass is 10.1. The van der Waals surface area contributed by atoms with Crippen molar-refractivity contribution in [2.45, 2.75) is 19.8 Å². The van der Waals surface area contributed by atoms with E-state index in [1.165, 1.54) is 11.3 Å². The third-order valence-corrected chi connectivity index (χ3v) is 3.64. The van der Waals surface area contributed by atoms with Gasteiger partial charge < -0.3 is 5.11 Å². The van der Waals surface area contributed by atoms with Crippen LogP contribution < -0.4 is 0 Å². The number of aromatic carboxylic acids is 1. The minimum Gasteiger partial charge on any atom is -0.478 e. The van der Waals surface area contributed by atoms with Crippen molar-refractivity contribution in [3.63, 3.8) is 0 Å². The minimum atomic E-state index is -0.870. The summed E-state index contributed by atoms with van der Waals surface area (Å²) in [5.74, 6) is -0.482. The Hall–Kier alpha value is -0.350. The van der Waals surface area contributed by atoms with Crippen LogP contribution in [0.1, 0.15) is 35.0 Å². The zero-order valence-electron chi connectivity index (χ0n) is 6.80. The Labute approximate surface area is 83.4 Å². The molecule has 0 radical (unpaired) electrons. The normalized spacial score (nSPS) is 10.7. The molecule has 1 N–H and O–H groups in total. The highest BCUT2D eigenvalue weighted by molar-refractivity contribution is 9.11. The van der Waals surface area contributed by atoms with Gasteiger partial charge in [-0.2, -0.15) is 0 Å². The van der Waals surface area contributed by atoms with Crippen LogP contribution in [0.5, 0.6) is 0 Å². The average Bonchev–Trinajstić information content (AvgIpc) is 2.30. The van der Waals surface area contributed by atoms with E-state index >= 15 is 0 Å². The standard InChI is InChI=1S/C8H9BrO2S/c1-4(2)6-3-5(8(10)11)7(9)12-6/h3-4H,1-2H3,(H,10,11). The molecule has 0 saturated heterocycles. The summed E-state index contributed by atoms with van der Waals surface area (Å²) < 4.78 is 0.707. The van der Waals surface area contributed by atoms with Crippen LogP contribution in [0.15, 0.2) is 9.85 Å². The number of hydrogen-bond acceptors (Lipinski definition) is 2. The lowest BCUT2D eigenvalue weighted by Gasteiger charge is -1.96. The molecule has 0 fully saturated rings. The Kier molecular flexibility index (Phi) is 2.90. The lowest BCUT2D eigenvalue weighted by molar-refractivity contribution is 0.0696. The van der Waals surface area contributed by atoms with Crippen molar-refractivity contribution in [2.24, 2.45) is 0 Å². The molecule has 2 nitrogen and oxygen atoms in total. The van der Waals surface area contributed by atoms with Crippen molar-refractivity contribution >= 4 is 33.2 Å². The molecule has 0 aliphatic heterocycles. The molecule has 0 amide bonds. The number of thiophene rings is 1. The van der Waals surface area contributed by atoms with Crippen LogP contribution in [0.4, 0.5) is 0 Å². The van der Waals surface area contributed by atoms with Crippen molar-refractivity contribution in [1.29, 1.82) is 0 Å². The van der Waals surface area contributed by atoms with Gasteiger partial charge in [-0.1, -0.05) is 13.8 Å². The molecule has 0 atom stereocenters. The van der Waals surface area contributed by atoms with E-state index in [0.717, 1.165) is 4.88 Å². The largest absolute Gasteiger partial charge is 0.478 e. The van der Waals surface area contributed by atoms with E-state index < -0.39 is 5.97 Å². The lowest BCUT2D eigenvalue weighted by Crippen LogP contribution is -1.93. The fourth-order valence-electron chi connectivity index (χ4n) is 0.817. The predicted octanol–water partition coefficient (Wildman–Crippen LogP) is 3.33. The number of carboxylic acid groups (broad SMARTS) is 1. The SMILES string of the molecule is CC(C)c1cc(C(=O)O)c(Br)s1. The van der Waals surface area contributed by atoms with Gasteiger partial charge in [0.1, 0.15) is 0 Å². The molecule has 66 valence electrons. The van der Waals surface area contributed by atoms with E-state index in [2.05, 4.69) is 15.9 Å². The van der Waals surface area contributed by atoms with Gasteiger partial charge in [0.2, 0.25) is 0 Å². The summed E-state index contributed by atoms with van der Waals surface area (Å²) in [6, 6.07) is 1.72. The highest BCUT2D eigenvalue weighted by Crippen LogP contribution is 2.32. The molecule has 0 aromatic carbocycles. The minimum absolute atomic E-state index is 0.365. The van der Waals surface area contributed by atoms with E-state index in [-0.39, 0.29) is 0 Å². The van der Waals surface area contributed by atoms with Crippen molar-refractivity contribution in [3.05, 3.63) is 20.3 Å². The van der Waals surface area contributed by atoms with Gasteiger partial charge in [-0.3, -0.25) is 0 Å². The van der Waals surface area contributed by atoms with Crippen molar-refractivity contribution in [1.82, 2.24) is 0 Å². The smallest absolute Gasteiger partial charge is 0.337 e. The number of carbonyl (C=O) groups is 1. The first-order chi connectivity index (χ1) is 5.52. The molecule has 0 aliphatic rings. The molecule has 1 heterocycles. The highest BCUT2D eigenvalue weighted by atomic mass is 79.9. The van der Waals surface area contributed by atoms with E-state index in [0.29, 0.717) is 15.3 Å². The fourth-order valence-corrected chi connectivity index (χ4v) is 2.54. The maximum absolute atomic E-state index is 10.6. The van der Waals surface area contributed by atoms with Gasteiger partial charge in [-0.15, -0.1) is 11.3 Å². The monoisotopic (exact) mass is 248 g/mol. The van der Waals surface area contributed by atoms with Crippen LogP contribution in [0.3, 0.4) is 0 Å². The molecule has 0 spiro atoms. The molecule has 0 saturated carbocycles. The topological polar surface area (TPSA) is 37.3 Å². The zero-order chi connectivity index (χ0) is 9.30. The van der Waals surface area contributed by atoms with E-state index in [4.69, 9.17) is 5.11 Å². The van der Waals surface area contributed by atoms with Gasteiger partial charge in [0.05, 0.1) is 9.35 Å². The molecule has 1 rings (SSSR count). The van der Waals surface area contributed by atoms with Crippen molar-refractivity contribution < 1.29 is 9.90 Å². The van der Waals surface area contributed by atoms with Crippen molar-refractivity contribution in [3.8, 4) is 0 Å². The van der Waals surface area contributed by atoms with E-state index in [1.54, 1.807) is 6.07 Å². The molecular formula is C8H9BrO2S. The third kappa shape index (κ3) is 1.87. The van der Waals surface area contributed by atoms with Gasteiger partial charge >= 0.3 is 5.97 Å². The molecule has 0 bridgehead atoms. The van der Waals surface area contributed by atoms with Gasteiger partial charge in [0, 0.05) is 4.88 Å². The number of carboxylic acids is 1. The first-order valence-electron chi connectivity index (χ1n) is 3.55. The molecule has 4 heteroatoms. The second-order valence-corrected chi connectivity index (χ2v) is 5.20. The average molecular weight is 249 g/mol. The number of rotatable bonds is 2. The van der Waals surface area contributed by atoms with Crippen LogP contribution >= 0.6 is 27.3 Å². The fraction of sp³-hybridized carbons (Fsp3) is 0.375. The molecule has 1 aromatic rings. The maximum atomic E-state index is 10.6. The molecule has 1 aromatic heterocycles. The van der Waals surface area contributed by atoms with Gasteiger partial charge in [0.15, 0.2) is 0 Å². The number of halogens is 1. The molecule has 12 heavy (non-hydrogen) atoms. The first-order valence-corrected chi connectivity index (χ1v) is 5.16. The summed E-state index contributed by atoms with van der Waals surface area (Å²) in [5.41, 5.74) is 0.365. The first kappa shape index (κ1) is 9.74. The number of hydrogen-bond donors (Lipinski definition) is 1. The summed E-state index contributed by atoms with van der Waals surface area (Å²) in [5, 5.41) is 8.74. The quantitative estimate of drug-likeness (QED) is 0.872. The molecule has 0 aliphatic carbocycles. The van der Waals surface area contributed by atoms with Gasteiger partial charge in [-0.05, 0) is 27.9 Å². The predicted molar refractivity (Wildman–Crippen MR) is 53.1 cm³/mol. The zero-order valence-corrected chi connectivity index (χ0v) is 9.20. The highest BCUT2D eigenvalue weighted by Gasteiger charge is 2.14. The Bertz CT molecular complexity index is 304. The van der Waals surface area contributed by atoms with Crippen LogP contribution in [0.25, 0.3) is 0 Å². The Balaban J connectivity index is 3.09. The Morgan fingerprint density at radius 3 is 2.50 bits per heavy atom. The third-order valence-electron chi connectivity index (χ3n) is 1.51. The van der Waals surface area contributed by atoms with E-state index in [1.807, 2.05) is 13.8 Å². The summed E-state index contributed by atoms with van der Waals surface area (Å²) in [6.45, 7) is 4.09. The van der Waals surface area contributed by atoms with E-state index in [9.17, 15) is 4.79 Å². The maximum Gasteiger partial charge on any atom is 0.337 e. The summed E-state index contributed by atoms with van der Waals surface area (Å²) in [6.07, 6.45) is 0. The Morgan fingerprint density at radius 1 is 1.67 bits per heavy atom. The summed E-state index contributed by atoms with van der Waals surface area (Å²) >= 11 is 4.71. The summed E-state index contributed by atoms with van der Waals surface area (Å²) in [4.78, 5) is 11.7. The molecule has 0 unspecified atom stereocenters. The van der Waals surface area contributed by atoms with Crippen molar-refractivity contribution in [2.75, 3.05) is 0 Å². The second kappa shape index (κ2) is 3.58. The Morgan fingerprint density at radius 2 is 2.25 bits per heavy atom. The summed E-state index contributed by atoms with van der Waals surface area (Å²) in [7, 11) is 0. The van der Waals surface area contributed by atoms with Crippen LogP contribution in [-0.4, -0.2) is 11.1 Å². The second-order valence-electron chi connectivity index (χ2n) is 2.80.